The summed E-state index contributed by atoms with van der Waals surface area (Å²) in [7, 11) is 1.58. The Bertz CT molecular complexity index is 205. The van der Waals surface area contributed by atoms with Crippen molar-refractivity contribution in [3.8, 4) is 5.75 Å². The van der Waals surface area contributed by atoms with Crippen LogP contribution in [0.4, 0.5) is 5.69 Å². The number of methoxy groups -OCH3 is 1. The normalized spacial score (nSPS) is 8.10. The van der Waals surface area contributed by atoms with E-state index in [-0.39, 0.29) is 17.0 Å². The van der Waals surface area contributed by atoms with Gasteiger partial charge in [-0.1, -0.05) is 0 Å². The molecule has 0 aliphatic heterocycles. The number of aromatic nitrogens is 1. The molecule has 0 aliphatic rings. The van der Waals surface area contributed by atoms with Crippen LogP contribution in [-0.4, -0.2) is 12.1 Å². The van der Waals surface area contributed by atoms with Gasteiger partial charge in [0.15, 0.2) is 0 Å². The molecule has 0 saturated carbocycles. The molecule has 1 rings (SSSR count). The Labute approximate surface area is 70.0 Å². The molecule has 1 aromatic heterocycles. The van der Waals surface area contributed by atoms with Crippen molar-refractivity contribution in [2.45, 2.75) is 0 Å². The van der Waals surface area contributed by atoms with Crippen molar-refractivity contribution in [2.24, 2.45) is 0 Å². The van der Waals surface area contributed by atoms with Gasteiger partial charge in [0.1, 0.15) is 5.75 Å². The number of nitrogens with two attached hydrogens (primary N) is 1. The standard InChI is InChI=1S/C6H8N2O.BrH/c1-9-6-2-5(7)3-8-4-6;/h2-4H,7H2,1H3;1H. The van der Waals surface area contributed by atoms with Gasteiger partial charge < -0.3 is 10.5 Å². The minimum Gasteiger partial charge on any atom is -0.495 e. The maximum atomic E-state index is 5.39. The van der Waals surface area contributed by atoms with E-state index in [2.05, 4.69) is 4.98 Å². The van der Waals surface area contributed by atoms with Crippen LogP contribution in [-0.2, 0) is 0 Å². The van der Waals surface area contributed by atoms with Crippen LogP contribution in [0.25, 0.3) is 0 Å². The maximum Gasteiger partial charge on any atom is 0.139 e. The van der Waals surface area contributed by atoms with E-state index in [0.29, 0.717) is 11.4 Å². The lowest BCUT2D eigenvalue weighted by atomic mass is 10.4. The van der Waals surface area contributed by atoms with Gasteiger partial charge in [0, 0.05) is 6.07 Å². The van der Waals surface area contributed by atoms with E-state index in [1.54, 1.807) is 25.6 Å². The van der Waals surface area contributed by atoms with E-state index in [1.807, 2.05) is 0 Å². The fourth-order valence-electron chi connectivity index (χ4n) is 0.547. The summed E-state index contributed by atoms with van der Waals surface area (Å²) in [6.07, 6.45) is 3.18. The third-order valence-corrected chi connectivity index (χ3v) is 0.970. The van der Waals surface area contributed by atoms with Gasteiger partial charge in [0.25, 0.3) is 0 Å². The number of nitrogen functional groups attached to an aromatic ring is 1. The molecule has 10 heavy (non-hydrogen) atoms. The second kappa shape index (κ2) is 4.11. The molecule has 0 radical (unpaired) electrons. The van der Waals surface area contributed by atoms with E-state index in [9.17, 15) is 0 Å². The predicted octanol–water partition coefficient (Wildman–Crippen LogP) is 1.25. The molecule has 0 unspecified atom stereocenters. The number of halogens is 1. The number of nitrogens with zero attached hydrogens (tertiary/aromatic N) is 1. The quantitative estimate of drug-likeness (QED) is 0.750. The summed E-state index contributed by atoms with van der Waals surface area (Å²) in [6.45, 7) is 0. The summed E-state index contributed by atoms with van der Waals surface area (Å²) in [4.78, 5) is 3.81. The van der Waals surface area contributed by atoms with Gasteiger partial charge in [0.2, 0.25) is 0 Å². The van der Waals surface area contributed by atoms with Gasteiger partial charge in [-0.25, -0.2) is 0 Å². The Balaban J connectivity index is 0.000000810. The van der Waals surface area contributed by atoms with Gasteiger partial charge in [-0.15, -0.1) is 17.0 Å². The first-order valence-corrected chi connectivity index (χ1v) is 2.57. The maximum absolute atomic E-state index is 5.39. The number of rotatable bonds is 1. The van der Waals surface area contributed by atoms with Crippen LogP contribution in [0.15, 0.2) is 18.5 Å². The highest BCUT2D eigenvalue weighted by Gasteiger charge is 1.88. The second-order valence-electron chi connectivity index (χ2n) is 1.66. The summed E-state index contributed by atoms with van der Waals surface area (Å²) in [5.41, 5.74) is 6.01. The van der Waals surface area contributed by atoms with Crippen molar-refractivity contribution >= 4 is 22.7 Å². The molecule has 0 aliphatic carbocycles. The van der Waals surface area contributed by atoms with Crippen molar-refractivity contribution in [2.75, 3.05) is 12.8 Å². The van der Waals surface area contributed by atoms with Crippen LogP contribution >= 0.6 is 17.0 Å². The zero-order chi connectivity index (χ0) is 6.69. The summed E-state index contributed by atoms with van der Waals surface area (Å²) < 4.78 is 4.85. The fraction of sp³-hybridized carbons (Fsp3) is 0.167. The highest BCUT2D eigenvalue weighted by Crippen LogP contribution is 2.10. The summed E-state index contributed by atoms with van der Waals surface area (Å²) in [5, 5.41) is 0. The summed E-state index contributed by atoms with van der Waals surface area (Å²) in [6, 6.07) is 1.72. The molecular formula is C6H9BrN2O. The highest BCUT2D eigenvalue weighted by atomic mass is 79.9. The molecule has 0 saturated heterocycles. The summed E-state index contributed by atoms with van der Waals surface area (Å²) >= 11 is 0. The van der Waals surface area contributed by atoms with Crippen LogP contribution in [0, 0.1) is 0 Å². The molecule has 0 fully saturated rings. The number of anilines is 1. The Morgan fingerprint density at radius 2 is 2.20 bits per heavy atom. The molecule has 3 nitrogen and oxygen atoms in total. The van der Waals surface area contributed by atoms with E-state index in [0.717, 1.165) is 0 Å². The molecule has 1 heterocycles. The molecule has 0 bridgehead atoms. The monoisotopic (exact) mass is 204 g/mol. The zero-order valence-corrected chi connectivity index (χ0v) is 7.29. The Hall–Kier alpha value is -0.770. The average Bonchev–Trinajstić information content (AvgIpc) is 1.88. The van der Waals surface area contributed by atoms with E-state index in [4.69, 9.17) is 10.5 Å². The van der Waals surface area contributed by atoms with Crippen molar-refractivity contribution in [3.63, 3.8) is 0 Å². The number of hydrogen-bond acceptors (Lipinski definition) is 3. The smallest absolute Gasteiger partial charge is 0.139 e. The van der Waals surface area contributed by atoms with Crippen molar-refractivity contribution in [1.82, 2.24) is 4.98 Å². The Morgan fingerprint density at radius 3 is 2.60 bits per heavy atom. The second-order valence-corrected chi connectivity index (χ2v) is 1.66. The SMILES string of the molecule is Br.COc1cncc(N)c1. The molecule has 56 valence electrons. The highest BCUT2D eigenvalue weighted by molar-refractivity contribution is 8.93. The number of hydrogen-bond donors (Lipinski definition) is 1. The van der Waals surface area contributed by atoms with Gasteiger partial charge in [-0.3, -0.25) is 4.98 Å². The van der Waals surface area contributed by atoms with Crippen LogP contribution in [0.1, 0.15) is 0 Å². The molecule has 1 aromatic rings. The molecule has 0 amide bonds. The number of ether oxygens (including phenoxy) is 1. The van der Waals surface area contributed by atoms with Crippen molar-refractivity contribution in [3.05, 3.63) is 18.5 Å². The van der Waals surface area contributed by atoms with Crippen LogP contribution in [0.5, 0.6) is 5.75 Å². The molecule has 0 atom stereocenters. The molecule has 4 heteroatoms. The first-order chi connectivity index (χ1) is 4.33. The van der Waals surface area contributed by atoms with Gasteiger partial charge in [0.05, 0.1) is 25.2 Å². The first-order valence-electron chi connectivity index (χ1n) is 2.57. The average molecular weight is 205 g/mol. The third-order valence-electron chi connectivity index (χ3n) is 0.970. The predicted molar refractivity (Wildman–Crippen MR) is 45.5 cm³/mol. The largest absolute Gasteiger partial charge is 0.495 e. The lowest BCUT2D eigenvalue weighted by Crippen LogP contribution is -1.88. The minimum atomic E-state index is 0. The molecule has 0 aromatic carbocycles. The van der Waals surface area contributed by atoms with Gasteiger partial charge in [-0.2, -0.15) is 0 Å². The lowest BCUT2D eigenvalue weighted by Gasteiger charge is -1.97. The molecular weight excluding hydrogens is 196 g/mol. The van der Waals surface area contributed by atoms with E-state index < -0.39 is 0 Å². The number of pyridine rings is 1. The van der Waals surface area contributed by atoms with Gasteiger partial charge in [-0.05, 0) is 0 Å². The van der Waals surface area contributed by atoms with Crippen molar-refractivity contribution in [1.29, 1.82) is 0 Å². The van der Waals surface area contributed by atoms with Crippen LogP contribution in [0.2, 0.25) is 0 Å². The van der Waals surface area contributed by atoms with E-state index in [1.165, 1.54) is 0 Å². The van der Waals surface area contributed by atoms with E-state index >= 15 is 0 Å². The lowest BCUT2D eigenvalue weighted by molar-refractivity contribution is 0.413. The Kier molecular flexibility index (Phi) is 3.79. The topological polar surface area (TPSA) is 48.1 Å². The zero-order valence-electron chi connectivity index (χ0n) is 5.57. The third kappa shape index (κ3) is 2.23. The Morgan fingerprint density at radius 1 is 1.50 bits per heavy atom. The van der Waals surface area contributed by atoms with Crippen molar-refractivity contribution < 1.29 is 4.74 Å². The first kappa shape index (κ1) is 9.23. The molecule has 2 N–H and O–H groups in total. The fourth-order valence-corrected chi connectivity index (χ4v) is 0.547. The van der Waals surface area contributed by atoms with Crippen LogP contribution < -0.4 is 10.5 Å². The van der Waals surface area contributed by atoms with Gasteiger partial charge >= 0.3 is 0 Å². The minimum absolute atomic E-state index is 0. The van der Waals surface area contributed by atoms with Crippen LogP contribution in [0.3, 0.4) is 0 Å². The summed E-state index contributed by atoms with van der Waals surface area (Å²) in [5.74, 6) is 0.690. The molecule has 0 spiro atoms.